The fraction of sp³-hybridized carbons (Fsp3) is 0.500. The Morgan fingerprint density at radius 1 is 1.27 bits per heavy atom. The van der Waals surface area contributed by atoms with Gasteiger partial charge in [0.1, 0.15) is 12.4 Å². The van der Waals surface area contributed by atoms with Gasteiger partial charge in [-0.15, -0.1) is 0 Å². The third-order valence-electron chi connectivity index (χ3n) is 5.21. The molecular weight excluding hydrogens is 328 g/mol. The van der Waals surface area contributed by atoms with E-state index in [-0.39, 0.29) is 18.0 Å². The Morgan fingerprint density at radius 2 is 2.04 bits per heavy atom. The molecular formula is C20H28N4O2. The highest BCUT2D eigenvalue weighted by molar-refractivity contribution is 5.80. The lowest BCUT2D eigenvalue weighted by Crippen LogP contribution is -2.37. The van der Waals surface area contributed by atoms with Gasteiger partial charge in [0.2, 0.25) is 5.91 Å². The van der Waals surface area contributed by atoms with Gasteiger partial charge in [-0.1, -0.05) is 12.1 Å². The third kappa shape index (κ3) is 3.60. The predicted octanol–water partition coefficient (Wildman–Crippen LogP) is 2.29. The molecule has 2 heterocycles. The smallest absolute Gasteiger partial charge is 0.224 e. The fourth-order valence-corrected chi connectivity index (χ4v) is 3.78. The zero-order valence-electron chi connectivity index (χ0n) is 16.2. The summed E-state index contributed by atoms with van der Waals surface area (Å²) in [5.41, 5.74) is 4.43. The van der Waals surface area contributed by atoms with Gasteiger partial charge in [-0.25, -0.2) is 0 Å². The quantitative estimate of drug-likeness (QED) is 0.807. The van der Waals surface area contributed by atoms with Crippen LogP contribution in [0.2, 0.25) is 0 Å². The summed E-state index contributed by atoms with van der Waals surface area (Å²) in [7, 11) is 3.82. The van der Waals surface area contributed by atoms with Crippen molar-refractivity contribution in [1.29, 1.82) is 0 Å². The topological polar surface area (TPSA) is 59.4 Å². The maximum Gasteiger partial charge on any atom is 0.224 e. The van der Waals surface area contributed by atoms with Gasteiger partial charge in [-0.2, -0.15) is 5.10 Å². The largest absolute Gasteiger partial charge is 0.492 e. The number of aryl methyl sites for hydroxylation is 3. The molecule has 0 unspecified atom stereocenters. The van der Waals surface area contributed by atoms with Crippen molar-refractivity contribution in [3.05, 3.63) is 46.8 Å². The van der Waals surface area contributed by atoms with E-state index < -0.39 is 0 Å². The summed E-state index contributed by atoms with van der Waals surface area (Å²) in [6.07, 6.45) is 0.499. The minimum atomic E-state index is 0.00942. The Hall–Kier alpha value is -2.34. The van der Waals surface area contributed by atoms with E-state index in [0.29, 0.717) is 19.6 Å². The van der Waals surface area contributed by atoms with Crippen LogP contribution in [0.25, 0.3) is 0 Å². The Bertz CT molecular complexity index is 799. The molecule has 0 aliphatic carbocycles. The number of benzene rings is 1. The Kier molecular flexibility index (Phi) is 5.32. The molecule has 1 aromatic heterocycles. The molecule has 1 saturated heterocycles. The number of ether oxygens (including phenoxy) is 1. The number of hydrogen-bond acceptors (Lipinski definition) is 4. The lowest BCUT2D eigenvalue weighted by molar-refractivity contribution is -0.127. The summed E-state index contributed by atoms with van der Waals surface area (Å²) in [4.78, 5) is 14.2. The van der Waals surface area contributed by atoms with Gasteiger partial charge >= 0.3 is 0 Å². The van der Waals surface area contributed by atoms with E-state index in [0.717, 1.165) is 22.7 Å². The molecule has 1 fully saturated rings. The number of nitrogens with zero attached hydrogens (tertiary/aromatic N) is 3. The minimum Gasteiger partial charge on any atom is -0.492 e. The molecule has 3 rings (SSSR count). The van der Waals surface area contributed by atoms with Crippen molar-refractivity contribution in [3.63, 3.8) is 0 Å². The average Bonchev–Trinajstić information content (AvgIpc) is 3.00. The molecule has 1 amide bonds. The van der Waals surface area contributed by atoms with E-state index in [2.05, 4.69) is 17.3 Å². The van der Waals surface area contributed by atoms with E-state index in [1.807, 2.05) is 61.8 Å². The van der Waals surface area contributed by atoms with Crippen LogP contribution in [0.4, 0.5) is 0 Å². The van der Waals surface area contributed by atoms with Crippen LogP contribution in [0.15, 0.2) is 24.3 Å². The predicted molar refractivity (Wildman–Crippen MR) is 101 cm³/mol. The number of aromatic nitrogens is 2. The lowest BCUT2D eigenvalue weighted by atomic mass is 9.98. The highest BCUT2D eigenvalue weighted by atomic mass is 16.5. The van der Waals surface area contributed by atoms with Crippen LogP contribution >= 0.6 is 0 Å². The molecule has 2 aromatic rings. The summed E-state index contributed by atoms with van der Waals surface area (Å²) >= 11 is 0. The zero-order valence-corrected chi connectivity index (χ0v) is 16.2. The van der Waals surface area contributed by atoms with Crippen LogP contribution in [0, 0.1) is 20.8 Å². The minimum absolute atomic E-state index is 0.00942. The maximum absolute atomic E-state index is 12.3. The van der Waals surface area contributed by atoms with Crippen LogP contribution < -0.4 is 10.1 Å². The van der Waals surface area contributed by atoms with Gasteiger partial charge < -0.3 is 15.0 Å². The van der Waals surface area contributed by atoms with E-state index in [1.54, 1.807) is 0 Å². The van der Waals surface area contributed by atoms with E-state index in [1.165, 1.54) is 5.56 Å². The van der Waals surface area contributed by atoms with Gasteiger partial charge in [0.05, 0.1) is 11.7 Å². The van der Waals surface area contributed by atoms with Gasteiger partial charge in [0.15, 0.2) is 0 Å². The maximum atomic E-state index is 12.3. The Morgan fingerprint density at radius 3 is 2.69 bits per heavy atom. The van der Waals surface area contributed by atoms with Crippen LogP contribution in [-0.4, -0.2) is 46.8 Å². The van der Waals surface area contributed by atoms with Crippen molar-refractivity contribution in [2.45, 2.75) is 39.3 Å². The van der Waals surface area contributed by atoms with Crippen molar-refractivity contribution in [2.75, 3.05) is 20.2 Å². The second-order valence-electron chi connectivity index (χ2n) is 7.09. The average molecular weight is 356 g/mol. The molecule has 1 N–H and O–H groups in total. The molecule has 1 aliphatic heterocycles. The number of amides is 1. The number of carbonyl (C=O) groups is 1. The first-order chi connectivity index (χ1) is 12.4. The molecule has 1 aromatic carbocycles. The van der Waals surface area contributed by atoms with Crippen molar-refractivity contribution in [1.82, 2.24) is 20.0 Å². The SMILES string of the molecule is Cc1cccc(OCCN[C@@H]2CC(=O)N(C)[C@H]2c2c(C)nn(C)c2C)c1. The van der Waals surface area contributed by atoms with E-state index in [4.69, 9.17) is 4.74 Å². The van der Waals surface area contributed by atoms with E-state index >= 15 is 0 Å². The molecule has 2 atom stereocenters. The van der Waals surface area contributed by atoms with Gasteiger partial charge in [0.25, 0.3) is 0 Å². The Labute approximate surface area is 155 Å². The summed E-state index contributed by atoms with van der Waals surface area (Å²) in [6, 6.07) is 8.11. The van der Waals surface area contributed by atoms with Crippen molar-refractivity contribution >= 4 is 5.91 Å². The summed E-state index contributed by atoms with van der Waals surface area (Å²) in [6.45, 7) is 7.37. The third-order valence-corrected chi connectivity index (χ3v) is 5.21. The van der Waals surface area contributed by atoms with Crippen molar-refractivity contribution < 1.29 is 9.53 Å². The standard InChI is InChI=1S/C20H28N4O2/c1-13-7-6-8-16(11-13)26-10-9-21-17-12-18(25)23(4)20(17)19-14(2)22-24(5)15(19)3/h6-8,11,17,20-21H,9-10,12H2,1-5H3/t17-,20-/m1/s1. The van der Waals surface area contributed by atoms with Crippen LogP contribution in [0.3, 0.4) is 0 Å². The highest BCUT2D eigenvalue weighted by Crippen LogP contribution is 2.35. The molecule has 140 valence electrons. The number of likely N-dealkylation sites (tertiary alicyclic amines) is 1. The lowest BCUT2D eigenvalue weighted by Gasteiger charge is -2.26. The molecule has 0 spiro atoms. The Balaban J connectivity index is 1.65. The number of rotatable bonds is 6. The summed E-state index contributed by atoms with van der Waals surface area (Å²) in [5.74, 6) is 1.04. The number of carbonyl (C=O) groups excluding carboxylic acids is 1. The first-order valence-corrected chi connectivity index (χ1v) is 9.07. The zero-order chi connectivity index (χ0) is 18.8. The summed E-state index contributed by atoms with van der Waals surface area (Å²) in [5, 5.41) is 8.03. The molecule has 1 aliphatic rings. The van der Waals surface area contributed by atoms with Gasteiger partial charge in [-0.05, 0) is 38.5 Å². The number of hydrogen-bond donors (Lipinski definition) is 1. The van der Waals surface area contributed by atoms with Crippen molar-refractivity contribution in [3.8, 4) is 5.75 Å². The molecule has 0 saturated carbocycles. The fourth-order valence-electron chi connectivity index (χ4n) is 3.78. The number of nitrogens with one attached hydrogen (secondary N) is 1. The van der Waals surface area contributed by atoms with Crippen LogP contribution in [-0.2, 0) is 11.8 Å². The molecule has 0 radical (unpaired) electrons. The monoisotopic (exact) mass is 356 g/mol. The summed E-state index contributed by atoms with van der Waals surface area (Å²) < 4.78 is 7.70. The first kappa shape index (κ1) is 18.5. The van der Waals surface area contributed by atoms with Gasteiger partial charge in [0, 0.05) is 44.4 Å². The van der Waals surface area contributed by atoms with Crippen molar-refractivity contribution in [2.24, 2.45) is 7.05 Å². The number of likely N-dealkylation sites (N-methyl/N-ethyl adjacent to an activating group) is 1. The molecule has 6 nitrogen and oxygen atoms in total. The van der Waals surface area contributed by atoms with E-state index in [9.17, 15) is 4.79 Å². The molecule has 0 bridgehead atoms. The highest BCUT2D eigenvalue weighted by Gasteiger charge is 2.40. The van der Waals surface area contributed by atoms with Crippen LogP contribution in [0.5, 0.6) is 5.75 Å². The second kappa shape index (κ2) is 7.50. The molecule has 6 heteroatoms. The first-order valence-electron chi connectivity index (χ1n) is 9.07. The van der Waals surface area contributed by atoms with Gasteiger partial charge in [-0.3, -0.25) is 9.48 Å². The van der Waals surface area contributed by atoms with Crippen LogP contribution in [0.1, 0.15) is 35.0 Å². The second-order valence-corrected chi connectivity index (χ2v) is 7.09. The molecule has 26 heavy (non-hydrogen) atoms. The normalized spacial score (nSPS) is 20.0.